The van der Waals surface area contributed by atoms with E-state index in [0.29, 0.717) is 6.54 Å². The van der Waals surface area contributed by atoms with Gasteiger partial charge in [-0.1, -0.05) is 47.8 Å². The van der Waals surface area contributed by atoms with Crippen molar-refractivity contribution in [1.82, 2.24) is 10.2 Å². The van der Waals surface area contributed by atoms with Crippen molar-refractivity contribution in [3.8, 4) is 12.3 Å². The minimum atomic E-state index is 0.708. The van der Waals surface area contributed by atoms with Gasteiger partial charge in [-0.05, 0) is 36.7 Å². The molecule has 1 N–H and O–H groups in total. The first-order valence-corrected chi connectivity index (χ1v) is 7.64. The highest BCUT2D eigenvalue weighted by Crippen LogP contribution is 2.20. The fourth-order valence-electron chi connectivity index (χ4n) is 2.00. The quantitative estimate of drug-likeness (QED) is 0.738. The summed E-state index contributed by atoms with van der Waals surface area (Å²) in [5.74, 6) is 2.73. The average molecular weight is 323 g/mol. The summed E-state index contributed by atoms with van der Waals surface area (Å²) in [6, 6.07) is 6.57. The third-order valence-electron chi connectivity index (χ3n) is 2.95. The summed E-state index contributed by atoms with van der Waals surface area (Å²) >= 11 is 3.66. The number of nitrogens with zero attached hydrogens (tertiary/aromatic N) is 1. The fraction of sp³-hybridized carbons (Fsp3) is 0.500. The third-order valence-corrected chi connectivity index (χ3v) is 3.68. The van der Waals surface area contributed by atoms with Crippen LogP contribution in [0.5, 0.6) is 0 Å². The van der Waals surface area contributed by atoms with Gasteiger partial charge < -0.3 is 5.32 Å². The second kappa shape index (κ2) is 9.14. The van der Waals surface area contributed by atoms with E-state index in [1.54, 1.807) is 0 Å². The van der Waals surface area contributed by atoms with Crippen molar-refractivity contribution in [1.29, 1.82) is 0 Å². The summed E-state index contributed by atoms with van der Waals surface area (Å²) in [5.41, 5.74) is 2.60. The smallest absolute Gasteiger partial charge is 0.0601 e. The Morgan fingerprint density at radius 2 is 2.16 bits per heavy atom. The van der Waals surface area contributed by atoms with Crippen LogP contribution in [0.3, 0.4) is 0 Å². The minimum Gasteiger partial charge on any atom is -0.313 e. The summed E-state index contributed by atoms with van der Waals surface area (Å²) < 4.78 is 1.17. The van der Waals surface area contributed by atoms with Crippen LogP contribution < -0.4 is 5.32 Å². The van der Waals surface area contributed by atoms with E-state index >= 15 is 0 Å². The number of hydrogen-bond acceptors (Lipinski definition) is 2. The SMILES string of the molecule is C#CCN(CCC)Cc1ccc(CNCC)cc1Br. The first-order valence-electron chi connectivity index (χ1n) is 6.85. The minimum absolute atomic E-state index is 0.708. The number of nitrogens with one attached hydrogen (secondary N) is 1. The first kappa shape index (κ1) is 16.2. The van der Waals surface area contributed by atoms with Crippen molar-refractivity contribution >= 4 is 15.9 Å². The van der Waals surface area contributed by atoms with Gasteiger partial charge in [-0.15, -0.1) is 6.42 Å². The molecule has 0 aliphatic carbocycles. The van der Waals surface area contributed by atoms with Gasteiger partial charge in [-0.25, -0.2) is 0 Å². The van der Waals surface area contributed by atoms with Crippen molar-refractivity contribution in [2.45, 2.75) is 33.4 Å². The van der Waals surface area contributed by atoms with Gasteiger partial charge in [0, 0.05) is 17.6 Å². The predicted molar refractivity (Wildman–Crippen MR) is 85.9 cm³/mol. The van der Waals surface area contributed by atoms with Crippen LogP contribution in [-0.4, -0.2) is 24.5 Å². The molecule has 1 rings (SSSR count). The second-order valence-corrected chi connectivity index (χ2v) is 5.48. The zero-order chi connectivity index (χ0) is 14.1. The van der Waals surface area contributed by atoms with Crippen LogP contribution in [-0.2, 0) is 13.1 Å². The molecule has 19 heavy (non-hydrogen) atoms. The molecule has 0 unspecified atom stereocenters. The third kappa shape index (κ3) is 5.78. The molecule has 1 aromatic rings. The largest absolute Gasteiger partial charge is 0.313 e. The molecule has 1 aromatic carbocycles. The molecule has 0 heterocycles. The zero-order valence-corrected chi connectivity index (χ0v) is 13.5. The molecule has 0 aliphatic rings. The van der Waals surface area contributed by atoms with E-state index in [2.05, 4.69) is 64.1 Å². The van der Waals surface area contributed by atoms with Gasteiger partial charge in [0.15, 0.2) is 0 Å². The summed E-state index contributed by atoms with van der Waals surface area (Å²) in [6.07, 6.45) is 6.54. The molecule has 0 atom stereocenters. The topological polar surface area (TPSA) is 15.3 Å². The Labute approximate surface area is 125 Å². The molecule has 104 valence electrons. The summed E-state index contributed by atoms with van der Waals surface area (Å²) in [7, 11) is 0. The Bertz CT molecular complexity index is 423. The van der Waals surface area contributed by atoms with Gasteiger partial charge in [-0.2, -0.15) is 0 Å². The van der Waals surface area contributed by atoms with Crippen molar-refractivity contribution in [3.05, 3.63) is 33.8 Å². The molecule has 0 radical (unpaired) electrons. The maximum Gasteiger partial charge on any atom is 0.0601 e. The van der Waals surface area contributed by atoms with Gasteiger partial charge in [0.05, 0.1) is 6.54 Å². The maximum absolute atomic E-state index is 5.42. The van der Waals surface area contributed by atoms with Crippen LogP contribution in [0.4, 0.5) is 0 Å². The van der Waals surface area contributed by atoms with Crippen LogP contribution in [0.1, 0.15) is 31.4 Å². The molecule has 2 nitrogen and oxygen atoms in total. The summed E-state index contributed by atoms with van der Waals surface area (Å²) in [6.45, 7) is 8.85. The van der Waals surface area contributed by atoms with Crippen LogP contribution in [0.15, 0.2) is 22.7 Å². The summed E-state index contributed by atoms with van der Waals surface area (Å²) in [5, 5.41) is 3.33. The van der Waals surface area contributed by atoms with E-state index in [1.165, 1.54) is 15.6 Å². The molecule has 0 bridgehead atoms. The van der Waals surface area contributed by atoms with Gasteiger partial charge in [0.25, 0.3) is 0 Å². The Kier molecular flexibility index (Phi) is 7.81. The second-order valence-electron chi connectivity index (χ2n) is 4.62. The zero-order valence-electron chi connectivity index (χ0n) is 11.9. The Morgan fingerprint density at radius 3 is 2.74 bits per heavy atom. The molecule has 0 saturated carbocycles. The Hall–Kier alpha value is -0.820. The lowest BCUT2D eigenvalue weighted by Gasteiger charge is -2.20. The van der Waals surface area contributed by atoms with Crippen LogP contribution in [0.25, 0.3) is 0 Å². The first-order chi connectivity index (χ1) is 9.21. The monoisotopic (exact) mass is 322 g/mol. The Morgan fingerprint density at radius 1 is 1.37 bits per heavy atom. The van der Waals surface area contributed by atoms with Crippen molar-refractivity contribution in [2.24, 2.45) is 0 Å². The normalized spacial score (nSPS) is 10.7. The van der Waals surface area contributed by atoms with Gasteiger partial charge in [0.1, 0.15) is 0 Å². The van der Waals surface area contributed by atoms with Crippen LogP contribution in [0.2, 0.25) is 0 Å². The fourth-order valence-corrected chi connectivity index (χ4v) is 2.55. The highest BCUT2D eigenvalue weighted by molar-refractivity contribution is 9.10. The van der Waals surface area contributed by atoms with Gasteiger partial charge >= 0.3 is 0 Å². The predicted octanol–water partition coefficient (Wildman–Crippen LogP) is 3.40. The van der Waals surface area contributed by atoms with E-state index in [0.717, 1.165) is 32.6 Å². The van der Waals surface area contributed by atoms with E-state index in [9.17, 15) is 0 Å². The number of rotatable bonds is 8. The number of hydrogen-bond donors (Lipinski definition) is 1. The lowest BCUT2D eigenvalue weighted by molar-refractivity contribution is 0.299. The number of benzene rings is 1. The van der Waals surface area contributed by atoms with Gasteiger partial charge in [-0.3, -0.25) is 4.90 Å². The standard InChI is InChI=1S/C16H23BrN2/c1-4-9-19(10-5-2)13-15-8-7-14(11-16(15)17)12-18-6-3/h1,7-8,11,18H,5-6,9-10,12-13H2,2-3H3. The highest BCUT2D eigenvalue weighted by Gasteiger charge is 2.07. The molecule has 0 aliphatic heterocycles. The van der Waals surface area contributed by atoms with Gasteiger partial charge in [0.2, 0.25) is 0 Å². The van der Waals surface area contributed by atoms with Crippen molar-refractivity contribution < 1.29 is 0 Å². The van der Waals surface area contributed by atoms with Crippen molar-refractivity contribution in [3.63, 3.8) is 0 Å². The molecular formula is C16H23BrN2. The molecule has 0 spiro atoms. The highest BCUT2D eigenvalue weighted by atomic mass is 79.9. The van der Waals surface area contributed by atoms with E-state index in [-0.39, 0.29) is 0 Å². The lowest BCUT2D eigenvalue weighted by Crippen LogP contribution is -2.24. The molecule has 0 saturated heterocycles. The maximum atomic E-state index is 5.42. The molecule has 0 aromatic heterocycles. The molecule has 3 heteroatoms. The van der Waals surface area contributed by atoms with E-state index in [1.807, 2.05) is 0 Å². The Balaban J connectivity index is 2.70. The lowest BCUT2D eigenvalue weighted by atomic mass is 10.1. The summed E-state index contributed by atoms with van der Waals surface area (Å²) in [4.78, 5) is 2.30. The molecular weight excluding hydrogens is 300 g/mol. The average Bonchev–Trinajstić information content (AvgIpc) is 2.39. The van der Waals surface area contributed by atoms with E-state index in [4.69, 9.17) is 6.42 Å². The van der Waals surface area contributed by atoms with Crippen LogP contribution in [0, 0.1) is 12.3 Å². The van der Waals surface area contributed by atoms with Crippen LogP contribution >= 0.6 is 15.9 Å². The van der Waals surface area contributed by atoms with Crippen molar-refractivity contribution in [2.75, 3.05) is 19.6 Å². The molecule has 0 fully saturated rings. The van der Waals surface area contributed by atoms with E-state index < -0.39 is 0 Å². The number of halogens is 1. The molecule has 0 amide bonds. The number of terminal acetylenes is 1.